The Morgan fingerprint density at radius 3 is 2.56 bits per heavy atom. The van der Waals surface area contributed by atoms with Crippen LogP contribution in [0, 0.1) is 0 Å². The number of aromatic nitrogens is 1. The Morgan fingerprint density at radius 1 is 1.44 bits per heavy atom. The molecule has 1 heterocycles. The van der Waals surface area contributed by atoms with Gasteiger partial charge in [0.2, 0.25) is 5.88 Å². The lowest BCUT2D eigenvalue weighted by molar-refractivity contribution is 0.396. The maximum absolute atomic E-state index is 4.87. The molecule has 0 radical (unpaired) electrons. The zero-order valence-corrected chi connectivity index (χ0v) is 6.07. The van der Waals surface area contributed by atoms with Crippen LogP contribution in [-0.2, 0) is 0 Å². The summed E-state index contributed by atoms with van der Waals surface area (Å²) in [6, 6.07) is 1.74. The van der Waals surface area contributed by atoms with E-state index in [4.69, 9.17) is 9.47 Å². The minimum absolute atomic E-state index is 0.608. The van der Waals surface area contributed by atoms with E-state index in [9.17, 15) is 0 Å². The van der Waals surface area contributed by atoms with Crippen molar-refractivity contribution in [1.82, 2.24) is 4.37 Å². The molecule has 0 bridgehead atoms. The van der Waals surface area contributed by atoms with Crippen molar-refractivity contribution in [2.24, 2.45) is 0 Å². The molecule has 0 aliphatic carbocycles. The van der Waals surface area contributed by atoms with Gasteiger partial charge in [-0.15, -0.1) is 0 Å². The van der Waals surface area contributed by atoms with E-state index in [-0.39, 0.29) is 0 Å². The van der Waals surface area contributed by atoms with Gasteiger partial charge in [-0.2, -0.15) is 4.37 Å². The van der Waals surface area contributed by atoms with Gasteiger partial charge in [0.15, 0.2) is 5.06 Å². The quantitative estimate of drug-likeness (QED) is 0.625. The number of ether oxygens (including phenoxy) is 2. The fourth-order valence-electron chi connectivity index (χ4n) is 0.436. The fraction of sp³-hybridized carbons (Fsp3) is 0.400. The number of methoxy groups -OCH3 is 2. The van der Waals surface area contributed by atoms with Gasteiger partial charge < -0.3 is 9.47 Å². The summed E-state index contributed by atoms with van der Waals surface area (Å²) in [5, 5.41) is 0.770. The van der Waals surface area contributed by atoms with Crippen LogP contribution in [0.4, 0.5) is 0 Å². The van der Waals surface area contributed by atoms with Crippen LogP contribution in [0.2, 0.25) is 0 Å². The molecule has 1 aromatic rings. The predicted molar refractivity (Wildman–Crippen MR) is 35.2 cm³/mol. The van der Waals surface area contributed by atoms with Crippen molar-refractivity contribution in [1.29, 1.82) is 0 Å². The summed E-state index contributed by atoms with van der Waals surface area (Å²) in [6.45, 7) is 0. The molecular weight excluding hydrogens is 138 g/mol. The van der Waals surface area contributed by atoms with E-state index >= 15 is 0 Å². The molecular formula is C5H7NO2S. The minimum Gasteiger partial charge on any atom is -0.486 e. The number of rotatable bonds is 2. The first-order valence-corrected chi connectivity index (χ1v) is 3.19. The van der Waals surface area contributed by atoms with Crippen LogP contribution in [0.5, 0.6) is 10.9 Å². The zero-order chi connectivity index (χ0) is 6.69. The molecule has 0 saturated carbocycles. The molecule has 3 nitrogen and oxygen atoms in total. The molecule has 0 aliphatic rings. The Bertz CT molecular complexity index is 168. The van der Waals surface area contributed by atoms with Crippen LogP contribution in [0.25, 0.3) is 0 Å². The van der Waals surface area contributed by atoms with Gasteiger partial charge in [-0.1, -0.05) is 0 Å². The first kappa shape index (κ1) is 6.35. The second kappa shape index (κ2) is 2.68. The summed E-state index contributed by atoms with van der Waals surface area (Å²) in [7, 11) is 3.18. The van der Waals surface area contributed by atoms with Crippen molar-refractivity contribution < 1.29 is 9.47 Å². The molecule has 0 amide bonds. The molecule has 0 aromatic carbocycles. The first-order chi connectivity index (χ1) is 4.36. The highest BCUT2D eigenvalue weighted by molar-refractivity contribution is 7.07. The van der Waals surface area contributed by atoms with Crippen LogP contribution in [0.3, 0.4) is 0 Å². The van der Waals surface area contributed by atoms with E-state index in [1.165, 1.54) is 11.5 Å². The van der Waals surface area contributed by atoms with Gasteiger partial charge in [0.05, 0.1) is 20.3 Å². The minimum atomic E-state index is 0.608. The normalized spacial score (nSPS) is 9.11. The van der Waals surface area contributed by atoms with E-state index in [1.807, 2.05) is 0 Å². The monoisotopic (exact) mass is 145 g/mol. The average Bonchev–Trinajstić information content (AvgIpc) is 2.34. The van der Waals surface area contributed by atoms with Gasteiger partial charge in [-0.25, -0.2) is 0 Å². The number of hydrogen-bond donors (Lipinski definition) is 0. The Kier molecular flexibility index (Phi) is 1.89. The Balaban J connectivity index is 2.74. The molecule has 0 fully saturated rings. The van der Waals surface area contributed by atoms with Crippen LogP contribution in [0.1, 0.15) is 0 Å². The smallest absolute Gasteiger partial charge is 0.228 e. The third kappa shape index (κ3) is 1.32. The van der Waals surface area contributed by atoms with Crippen molar-refractivity contribution in [2.45, 2.75) is 0 Å². The summed E-state index contributed by atoms with van der Waals surface area (Å²) in [4.78, 5) is 0. The third-order valence-corrected chi connectivity index (χ3v) is 1.61. The third-order valence-electron chi connectivity index (χ3n) is 0.877. The Morgan fingerprint density at radius 2 is 2.22 bits per heavy atom. The first-order valence-electron chi connectivity index (χ1n) is 2.41. The van der Waals surface area contributed by atoms with E-state index in [2.05, 4.69) is 4.37 Å². The van der Waals surface area contributed by atoms with Crippen LogP contribution in [0.15, 0.2) is 6.07 Å². The molecule has 1 aromatic heterocycles. The van der Waals surface area contributed by atoms with Crippen molar-refractivity contribution in [2.75, 3.05) is 14.2 Å². The topological polar surface area (TPSA) is 31.4 Å². The molecule has 0 atom stereocenters. The van der Waals surface area contributed by atoms with Crippen molar-refractivity contribution in [3.8, 4) is 10.9 Å². The van der Waals surface area contributed by atoms with Crippen LogP contribution in [-0.4, -0.2) is 18.6 Å². The lowest BCUT2D eigenvalue weighted by atomic mass is 10.7. The summed E-state index contributed by atoms with van der Waals surface area (Å²) in [5.41, 5.74) is 0. The second-order valence-corrected chi connectivity index (χ2v) is 2.16. The van der Waals surface area contributed by atoms with E-state index in [0.717, 1.165) is 5.06 Å². The van der Waals surface area contributed by atoms with Gasteiger partial charge >= 0.3 is 0 Å². The lowest BCUT2D eigenvalue weighted by Crippen LogP contribution is -1.79. The molecule has 9 heavy (non-hydrogen) atoms. The maximum atomic E-state index is 4.87. The maximum Gasteiger partial charge on any atom is 0.228 e. The fourth-order valence-corrected chi connectivity index (χ4v) is 0.971. The zero-order valence-electron chi connectivity index (χ0n) is 5.25. The molecule has 0 saturated heterocycles. The molecule has 0 aliphatic heterocycles. The molecule has 0 unspecified atom stereocenters. The number of nitrogens with zero attached hydrogens (tertiary/aromatic N) is 1. The summed E-state index contributed by atoms with van der Waals surface area (Å²) >= 11 is 1.28. The van der Waals surface area contributed by atoms with Gasteiger partial charge in [-0.3, -0.25) is 0 Å². The van der Waals surface area contributed by atoms with E-state index in [0.29, 0.717) is 5.88 Å². The predicted octanol–water partition coefficient (Wildman–Crippen LogP) is 1.16. The van der Waals surface area contributed by atoms with Gasteiger partial charge in [-0.05, 0) is 0 Å². The van der Waals surface area contributed by atoms with E-state index in [1.54, 1.807) is 20.3 Å². The van der Waals surface area contributed by atoms with Crippen LogP contribution < -0.4 is 9.47 Å². The standard InChI is InChI=1S/C5H7NO2S/c1-7-4-3-5(8-2)9-6-4/h3H,1-2H3. The van der Waals surface area contributed by atoms with Gasteiger partial charge in [0, 0.05) is 11.5 Å². The van der Waals surface area contributed by atoms with E-state index < -0.39 is 0 Å². The van der Waals surface area contributed by atoms with Crippen molar-refractivity contribution in [3.05, 3.63) is 6.07 Å². The van der Waals surface area contributed by atoms with Gasteiger partial charge in [0.25, 0.3) is 0 Å². The lowest BCUT2D eigenvalue weighted by Gasteiger charge is -1.87. The Hall–Kier alpha value is -0.770. The highest BCUT2D eigenvalue weighted by atomic mass is 32.1. The molecule has 50 valence electrons. The van der Waals surface area contributed by atoms with Crippen molar-refractivity contribution in [3.63, 3.8) is 0 Å². The number of hydrogen-bond acceptors (Lipinski definition) is 4. The summed E-state index contributed by atoms with van der Waals surface area (Å²) in [5.74, 6) is 0.608. The van der Waals surface area contributed by atoms with Crippen molar-refractivity contribution >= 4 is 11.5 Å². The molecule has 0 spiro atoms. The summed E-state index contributed by atoms with van der Waals surface area (Å²) < 4.78 is 13.6. The van der Waals surface area contributed by atoms with Gasteiger partial charge in [0.1, 0.15) is 0 Å². The highest BCUT2D eigenvalue weighted by Gasteiger charge is 1.98. The largest absolute Gasteiger partial charge is 0.486 e. The highest BCUT2D eigenvalue weighted by Crippen LogP contribution is 2.22. The SMILES string of the molecule is COc1cc(OC)sn1. The van der Waals surface area contributed by atoms with Crippen LogP contribution >= 0.6 is 11.5 Å². The molecule has 0 N–H and O–H groups in total. The Labute approximate surface area is 57.4 Å². The molecule has 4 heteroatoms. The summed E-state index contributed by atoms with van der Waals surface area (Å²) in [6.07, 6.45) is 0. The molecule has 1 rings (SSSR count). The average molecular weight is 145 g/mol. The second-order valence-electron chi connectivity index (χ2n) is 1.39.